The van der Waals surface area contributed by atoms with Crippen molar-refractivity contribution in [1.29, 1.82) is 0 Å². The summed E-state index contributed by atoms with van der Waals surface area (Å²) in [5.41, 5.74) is 3.55. The molecule has 268 valence electrons. The topological polar surface area (TPSA) is 168 Å². The average molecular weight is 771 g/mol. The van der Waals surface area contributed by atoms with Crippen LogP contribution in [-0.2, 0) is 28.5 Å². The number of methoxy groups -OCH3 is 1. The molecule has 4 N–H and O–H groups in total. The molecule has 0 amide bonds. The van der Waals surface area contributed by atoms with Gasteiger partial charge in [0.1, 0.15) is 16.9 Å². The minimum Gasteiger partial charge on any atom is -0.508 e. The number of ether oxygens (including phenoxy) is 2. The van der Waals surface area contributed by atoms with Crippen LogP contribution in [0, 0.1) is 5.92 Å². The van der Waals surface area contributed by atoms with Gasteiger partial charge in [-0.2, -0.15) is 0 Å². The standard InChI is InChI=1S/C24H26BrN3O3.C15H10O6/c1-27-13-17-8-21-24(30-3,19-5-4-6-20(27)22(17)19)9-15(12-28(21)2)14-31-23(29)16-7-18(25)11-26-10-16;16-8-2-3-9-12(6-8)21-15(14(20)13(9)19)7-1-4-10(17)11(18)5-7/h4-7,10-11,13,15,21H,8-9,12,14H2,1-3H3;1-6,16-18,20H. The van der Waals surface area contributed by atoms with Crippen LogP contribution in [0.5, 0.6) is 23.0 Å². The number of pyridine rings is 1. The summed E-state index contributed by atoms with van der Waals surface area (Å²) in [6, 6.07) is 16.1. The number of likely N-dealkylation sites (tertiary alicyclic amines) is 1. The number of halogens is 1. The molecule has 0 saturated carbocycles. The molecule has 1 fully saturated rings. The highest BCUT2D eigenvalue weighted by molar-refractivity contribution is 9.10. The fourth-order valence-electron chi connectivity index (χ4n) is 7.66. The van der Waals surface area contributed by atoms with Gasteiger partial charge in [-0.05, 0) is 89.4 Å². The lowest BCUT2D eigenvalue weighted by Gasteiger charge is -2.53. The predicted octanol–water partition coefficient (Wildman–Crippen LogP) is 6.19. The molecule has 1 saturated heterocycles. The Hall–Kier alpha value is -5.37. The van der Waals surface area contributed by atoms with Gasteiger partial charge in [-0.1, -0.05) is 12.1 Å². The van der Waals surface area contributed by atoms with Crippen LogP contribution in [0.2, 0.25) is 0 Å². The largest absolute Gasteiger partial charge is 0.508 e. The van der Waals surface area contributed by atoms with Crippen molar-refractivity contribution in [3.63, 3.8) is 0 Å². The quantitative estimate of drug-likeness (QED) is 0.117. The van der Waals surface area contributed by atoms with Crippen molar-refractivity contribution >= 4 is 43.8 Å². The summed E-state index contributed by atoms with van der Waals surface area (Å²) in [6.45, 7) is 1.21. The van der Waals surface area contributed by atoms with E-state index < -0.39 is 22.5 Å². The van der Waals surface area contributed by atoms with Crippen molar-refractivity contribution in [2.45, 2.75) is 24.5 Å². The van der Waals surface area contributed by atoms with E-state index >= 15 is 0 Å². The van der Waals surface area contributed by atoms with Gasteiger partial charge in [-0.15, -0.1) is 0 Å². The van der Waals surface area contributed by atoms with E-state index in [1.54, 1.807) is 12.3 Å². The first-order chi connectivity index (χ1) is 24.9. The predicted molar refractivity (Wildman–Crippen MR) is 197 cm³/mol. The van der Waals surface area contributed by atoms with Gasteiger partial charge in [0.15, 0.2) is 17.3 Å². The number of likely N-dealkylation sites (N-methyl/N-ethyl adjacent to an activating group) is 1. The summed E-state index contributed by atoms with van der Waals surface area (Å²) in [5, 5.41) is 39.6. The number of phenols is 3. The molecule has 2 aliphatic rings. The molecule has 13 heteroatoms. The monoisotopic (exact) mass is 769 g/mol. The Balaban J connectivity index is 0.000000175. The number of aromatic nitrogens is 2. The third kappa shape index (κ3) is 6.14. The van der Waals surface area contributed by atoms with E-state index in [1.165, 1.54) is 58.6 Å². The van der Waals surface area contributed by atoms with Gasteiger partial charge in [0.2, 0.25) is 11.2 Å². The SMILES string of the molecule is COC12CC(COC(=O)c3cncc(Br)c3)CN(C)C1Cc1cn(C)c3cccc2c13.O=c1c(O)c(-c2ccc(O)c(O)c2)oc2cc(O)ccc12. The third-order valence-corrected chi connectivity index (χ3v) is 10.4. The lowest BCUT2D eigenvalue weighted by molar-refractivity contribution is -0.131. The van der Waals surface area contributed by atoms with Crippen molar-refractivity contribution in [2.24, 2.45) is 13.0 Å². The van der Waals surface area contributed by atoms with Crippen molar-refractivity contribution in [3.8, 4) is 34.3 Å². The van der Waals surface area contributed by atoms with Gasteiger partial charge in [0.05, 0.1) is 17.6 Å². The Kier molecular flexibility index (Phi) is 9.19. The molecule has 0 radical (unpaired) electrons. The second-order valence-electron chi connectivity index (χ2n) is 13.3. The van der Waals surface area contributed by atoms with Crippen LogP contribution in [-0.4, -0.2) is 74.2 Å². The average Bonchev–Trinajstić information content (AvgIpc) is 3.46. The van der Waals surface area contributed by atoms with Crippen LogP contribution in [0.1, 0.15) is 27.9 Å². The van der Waals surface area contributed by atoms with E-state index in [2.05, 4.69) is 68.9 Å². The second kappa shape index (κ2) is 13.6. The minimum atomic E-state index is -0.654. The van der Waals surface area contributed by atoms with Crippen LogP contribution in [0.3, 0.4) is 0 Å². The summed E-state index contributed by atoms with van der Waals surface area (Å²) < 4.78 is 20.4. The van der Waals surface area contributed by atoms with Crippen LogP contribution < -0.4 is 5.43 Å². The lowest BCUT2D eigenvalue weighted by atomic mass is 9.69. The number of carbonyl (C=O) groups excluding carboxylic acids is 1. The van der Waals surface area contributed by atoms with Gasteiger partial charge in [0.25, 0.3) is 0 Å². The van der Waals surface area contributed by atoms with Gasteiger partial charge in [-0.3, -0.25) is 14.7 Å². The van der Waals surface area contributed by atoms with Crippen molar-refractivity contribution in [3.05, 3.63) is 111 Å². The van der Waals surface area contributed by atoms with Gasteiger partial charge >= 0.3 is 5.97 Å². The fourth-order valence-corrected chi connectivity index (χ4v) is 8.02. The number of carbonyl (C=O) groups is 1. The molecule has 6 aromatic rings. The molecule has 0 bridgehead atoms. The highest BCUT2D eigenvalue weighted by Crippen LogP contribution is 2.49. The van der Waals surface area contributed by atoms with Crippen molar-refractivity contribution in [2.75, 3.05) is 27.3 Å². The third-order valence-electron chi connectivity index (χ3n) is 10.0. The highest BCUT2D eigenvalue weighted by Gasteiger charge is 2.52. The summed E-state index contributed by atoms with van der Waals surface area (Å²) in [6.07, 6.45) is 7.20. The molecule has 12 nitrogen and oxygen atoms in total. The van der Waals surface area contributed by atoms with E-state index in [-0.39, 0.29) is 51.7 Å². The Bertz CT molecular complexity index is 2410. The van der Waals surface area contributed by atoms with Gasteiger partial charge < -0.3 is 38.9 Å². The number of hydrogen-bond acceptors (Lipinski definition) is 11. The zero-order chi connectivity index (χ0) is 36.9. The smallest absolute Gasteiger partial charge is 0.339 e. The highest BCUT2D eigenvalue weighted by atomic mass is 79.9. The maximum absolute atomic E-state index is 12.5. The Morgan fingerprint density at radius 3 is 2.60 bits per heavy atom. The molecular weight excluding hydrogens is 734 g/mol. The molecule has 3 atom stereocenters. The molecule has 3 unspecified atom stereocenters. The van der Waals surface area contributed by atoms with Crippen LogP contribution >= 0.6 is 15.9 Å². The van der Waals surface area contributed by atoms with Crippen LogP contribution in [0.15, 0.2) is 92.9 Å². The number of esters is 1. The van der Waals surface area contributed by atoms with E-state index in [4.69, 9.17) is 13.9 Å². The van der Waals surface area contributed by atoms with Gasteiger partial charge in [0, 0.05) is 78.3 Å². The molecule has 1 aliphatic carbocycles. The first-order valence-corrected chi connectivity index (χ1v) is 17.3. The summed E-state index contributed by atoms with van der Waals surface area (Å²) >= 11 is 3.35. The molecule has 52 heavy (non-hydrogen) atoms. The Morgan fingerprint density at radius 2 is 1.85 bits per heavy atom. The number of phenolic OH excluding ortho intramolecular Hbond substituents is 3. The van der Waals surface area contributed by atoms with Crippen molar-refractivity contribution < 1.29 is 39.1 Å². The zero-order valence-electron chi connectivity index (χ0n) is 28.5. The zero-order valence-corrected chi connectivity index (χ0v) is 30.1. The number of rotatable bonds is 5. The van der Waals surface area contributed by atoms with Crippen molar-refractivity contribution in [1.82, 2.24) is 14.5 Å². The van der Waals surface area contributed by atoms with E-state index in [1.807, 2.05) is 7.11 Å². The lowest BCUT2D eigenvalue weighted by Crippen LogP contribution is -2.59. The second-order valence-corrected chi connectivity index (χ2v) is 14.2. The minimum absolute atomic E-state index is 0.0872. The molecule has 3 aromatic heterocycles. The molecule has 3 aromatic carbocycles. The molecule has 4 heterocycles. The number of hydrogen-bond donors (Lipinski definition) is 4. The maximum atomic E-state index is 12.5. The molecule has 1 aliphatic heterocycles. The Labute approximate surface area is 306 Å². The first kappa shape index (κ1) is 35.1. The maximum Gasteiger partial charge on any atom is 0.339 e. The fraction of sp³-hybridized carbons (Fsp3) is 0.256. The number of aryl methyl sites for hydroxylation is 1. The molecular formula is C39H36BrN3O9. The summed E-state index contributed by atoms with van der Waals surface area (Å²) in [5.74, 6) is -1.78. The summed E-state index contributed by atoms with van der Waals surface area (Å²) in [7, 11) is 6.07. The van der Waals surface area contributed by atoms with E-state index in [9.17, 15) is 30.0 Å². The Morgan fingerprint density at radius 1 is 1.04 bits per heavy atom. The van der Waals surface area contributed by atoms with Crippen LogP contribution in [0.25, 0.3) is 33.2 Å². The normalized spacial score (nSPS) is 19.5. The molecule has 8 rings (SSSR count). The van der Waals surface area contributed by atoms with Crippen LogP contribution in [0.4, 0.5) is 0 Å². The van der Waals surface area contributed by atoms with E-state index in [0.717, 1.165) is 29.9 Å². The number of aromatic hydroxyl groups is 4. The number of benzene rings is 3. The van der Waals surface area contributed by atoms with E-state index in [0.29, 0.717) is 12.2 Å². The summed E-state index contributed by atoms with van der Waals surface area (Å²) in [4.78, 5) is 31.1. The number of fused-ring (bicyclic) bond motifs is 3. The van der Waals surface area contributed by atoms with Gasteiger partial charge in [-0.25, -0.2) is 4.79 Å². The molecule has 0 spiro atoms. The first-order valence-electron chi connectivity index (χ1n) is 16.5. The number of nitrogens with zero attached hydrogens (tertiary/aromatic N) is 3. The number of piperidine rings is 1.